The van der Waals surface area contributed by atoms with Crippen LogP contribution in [0.25, 0.3) is 22.3 Å². The number of ether oxygens (including phenoxy) is 1. The first-order chi connectivity index (χ1) is 27.7. The largest absolute Gasteiger partial charge is 0.457 e. The molecule has 2 atom stereocenters. The van der Waals surface area contributed by atoms with Gasteiger partial charge in [-0.15, -0.1) is 11.8 Å². The first-order valence-corrected chi connectivity index (χ1v) is 19.9. The van der Waals surface area contributed by atoms with Crippen molar-refractivity contribution in [2.45, 2.75) is 68.3 Å². The quantitative estimate of drug-likeness (QED) is 0.0869. The molecule has 292 valence electrons. The molecule has 5 amide bonds. The summed E-state index contributed by atoms with van der Waals surface area (Å²) >= 11 is 1.33. The maximum atomic E-state index is 14.8. The third-order valence-electron chi connectivity index (χ3n) is 10.5. The van der Waals surface area contributed by atoms with Gasteiger partial charge in [-0.1, -0.05) is 24.6 Å². The van der Waals surface area contributed by atoms with Crippen LogP contribution in [0.15, 0.2) is 78.0 Å². The summed E-state index contributed by atoms with van der Waals surface area (Å²) in [6.07, 6.45) is 5.50. The standard InChI is InChI=1S/C41H39FN8O6S/c42-28-16-18-30(34-33(28)40(54)49(41(34)55)29-17-19-31(51)46-39(29)53)57-21-6-2-5-11-32(52)48-20-7-8-25(22-48)50-38-35(37(43)44-23-45-38)36(47-50)24-12-14-27(15-13-24)56-26-9-3-1-4-10-26/h1,3-4,9-10,12-16,18,23,25,29H,2,5-8,11,17,19-22H2,(H2,43,44,45)(H,46,51,53)/t25-,29?/m1/s1. The molecule has 16 heteroatoms. The average molecular weight is 791 g/mol. The van der Waals surface area contributed by atoms with Crippen LogP contribution in [-0.2, 0) is 14.4 Å². The molecule has 1 unspecified atom stereocenters. The number of nitrogens with one attached hydrogen (secondary N) is 1. The molecule has 0 saturated carbocycles. The van der Waals surface area contributed by atoms with Crippen molar-refractivity contribution < 1.29 is 33.1 Å². The number of hydrogen-bond acceptors (Lipinski definition) is 11. The van der Waals surface area contributed by atoms with Crippen LogP contribution in [0, 0.1) is 5.82 Å². The van der Waals surface area contributed by atoms with Gasteiger partial charge in [-0.05, 0) is 86.4 Å². The highest BCUT2D eigenvalue weighted by atomic mass is 32.2. The molecular formula is C41H39FN8O6S. The van der Waals surface area contributed by atoms with E-state index in [1.54, 1.807) is 0 Å². The van der Waals surface area contributed by atoms with Gasteiger partial charge in [0, 0.05) is 36.4 Å². The van der Waals surface area contributed by atoms with Crippen LogP contribution in [0.5, 0.6) is 11.5 Å². The summed E-state index contributed by atoms with van der Waals surface area (Å²) in [6.45, 7) is 1.13. The number of aromatic nitrogens is 4. The lowest BCUT2D eigenvalue weighted by Crippen LogP contribution is -2.54. The maximum Gasteiger partial charge on any atom is 0.265 e. The van der Waals surface area contributed by atoms with Gasteiger partial charge in [0.1, 0.15) is 41.2 Å². The van der Waals surface area contributed by atoms with Gasteiger partial charge < -0.3 is 15.4 Å². The lowest BCUT2D eigenvalue weighted by molar-refractivity contribution is -0.136. The van der Waals surface area contributed by atoms with Gasteiger partial charge in [0.05, 0.1) is 22.6 Å². The minimum atomic E-state index is -1.17. The van der Waals surface area contributed by atoms with Gasteiger partial charge in [-0.25, -0.2) is 19.0 Å². The summed E-state index contributed by atoms with van der Waals surface area (Å²) in [5, 5.41) is 7.81. The van der Waals surface area contributed by atoms with Crippen LogP contribution in [0.4, 0.5) is 10.2 Å². The number of amides is 5. The highest BCUT2D eigenvalue weighted by molar-refractivity contribution is 7.99. The molecule has 14 nitrogen and oxygen atoms in total. The Hall–Kier alpha value is -6.16. The Balaban J connectivity index is 0.862. The predicted molar refractivity (Wildman–Crippen MR) is 209 cm³/mol. The molecule has 5 aromatic rings. The number of nitrogens with two attached hydrogens (primary N) is 1. The number of fused-ring (bicyclic) bond motifs is 2. The van der Waals surface area contributed by atoms with Crippen LogP contribution in [0.1, 0.15) is 78.1 Å². The number of likely N-dealkylation sites (tertiary alicyclic amines) is 1. The van der Waals surface area contributed by atoms with Crippen LogP contribution in [0.2, 0.25) is 0 Å². The van der Waals surface area contributed by atoms with Crippen molar-refractivity contribution in [2.24, 2.45) is 0 Å². The number of carbonyl (C=O) groups excluding carboxylic acids is 5. The second-order valence-corrected chi connectivity index (χ2v) is 15.4. The average Bonchev–Trinajstić information content (AvgIpc) is 3.74. The van der Waals surface area contributed by atoms with Crippen LogP contribution >= 0.6 is 11.8 Å². The van der Waals surface area contributed by atoms with Crippen molar-refractivity contribution >= 4 is 58.1 Å². The molecule has 57 heavy (non-hydrogen) atoms. The minimum Gasteiger partial charge on any atom is -0.457 e. The van der Waals surface area contributed by atoms with Crippen molar-refractivity contribution in [3.05, 3.63) is 90.0 Å². The van der Waals surface area contributed by atoms with E-state index in [9.17, 15) is 28.4 Å². The molecule has 3 aliphatic heterocycles. The number of nitrogens with zero attached hydrogens (tertiary/aromatic N) is 6. The number of rotatable bonds is 12. The van der Waals surface area contributed by atoms with E-state index < -0.39 is 35.5 Å². The van der Waals surface area contributed by atoms with E-state index in [0.717, 1.165) is 41.5 Å². The highest BCUT2D eigenvalue weighted by Crippen LogP contribution is 2.37. The van der Waals surface area contributed by atoms with E-state index in [1.165, 1.54) is 24.2 Å². The molecule has 2 fully saturated rings. The van der Waals surface area contributed by atoms with Crippen molar-refractivity contribution in [2.75, 3.05) is 24.6 Å². The number of thioether (sulfide) groups is 1. The summed E-state index contributed by atoms with van der Waals surface area (Å²) in [5.41, 5.74) is 8.09. The van der Waals surface area contributed by atoms with Crippen LogP contribution < -0.4 is 15.8 Å². The summed E-state index contributed by atoms with van der Waals surface area (Å²) in [5.74, 6) is -1.31. The fraction of sp³-hybridized carbons (Fsp3) is 0.317. The molecule has 3 aromatic carbocycles. The SMILES string of the molecule is Nc1ncnc2c1c(-c1ccc(Oc3ccccc3)cc1)nn2[C@@H]1CCCN(C(=O)CCCCCSc2ccc(F)c3c2C(=O)N(C2CCC(=O)NC2=O)C3=O)C1. The Labute approximate surface area is 331 Å². The molecule has 0 aliphatic carbocycles. The normalized spacial score (nSPS) is 18.3. The number of carbonyl (C=O) groups is 5. The van der Waals surface area contributed by atoms with E-state index in [4.69, 9.17) is 15.6 Å². The third-order valence-corrected chi connectivity index (χ3v) is 11.7. The summed E-state index contributed by atoms with van der Waals surface area (Å²) < 4.78 is 22.7. The fourth-order valence-corrected chi connectivity index (χ4v) is 8.74. The molecule has 0 radical (unpaired) electrons. The van der Waals surface area contributed by atoms with E-state index in [-0.39, 0.29) is 35.9 Å². The van der Waals surface area contributed by atoms with Crippen molar-refractivity contribution in [1.29, 1.82) is 0 Å². The second-order valence-electron chi connectivity index (χ2n) is 14.2. The van der Waals surface area contributed by atoms with Gasteiger partial charge >= 0.3 is 0 Å². The smallest absolute Gasteiger partial charge is 0.265 e. The Bertz CT molecular complexity index is 2390. The first-order valence-electron chi connectivity index (χ1n) is 18.9. The first kappa shape index (κ1) is 37.7. The number of anilines is 1. The van der Waals surface area contributed by atoms with Gasteiger partial charge in [-0.3, -0.25) is 34.2 Å². The number of nitrogen functional groups attached to an aromatic ring is 1. The minimum absolute atomic E-state index is 0.0101. The van der Waals surface area contributed by atoms with Gasteiger partial charge in [0.15, 0.2) is 5.65 Å². The monoisotopic (exact) mass is 790 g/mol. The lowest BCUT2D eigenvalue weighted by atomic mass is 10.0. The number of piperidine rings is 2. The predicted octanol–water partition coefficient (Wildman–Crippen LogP) is 5.92. The third kappa shape index (κ3) is 7.56. The van der Waals surface area contributed by atoms with Crippen molar-refractivity contribution in [3.63, 3.8) is 0 Å². The Kier molecular flexibility index (Phi) is 10.7. The maximum absolute atomic E-state index is 14.8. The van der Waals surface area contributed by atoms with Crippen molar-refractivity contribution in [3.8, 4) is 22.8 Å². The molecule has 3 aliphatic rings. The lowest BCUT2D eigenvalue weighted by Gasteiger charge is -2.33. The molecule has 3 N–H and O–H groups in total. The fourth-order valence-electron chi connectivity index (χ4n) is 7.68. The summed E-state index contributed by atoms with van der Waals surface area (Å²) in [6, 6.07) is 18.5. The summed E-state index contributed by atoms with van der Waals surface area (Å²) in [4.78, 5) is 75.9. The molecule has 8 rings (SSSR count). The zero-order valence-corrected chi connectivity index (χ0v) is 31.7. The second kappa shape index (κ2) is 16.1. The van der Waals surface area contributed by atoms with Gasteiger partial charge in [0.2, 0.25) is 17.7 Å². The topological polar surface area (TPSA) is 183 Å². The number of unbranched alkanes of at least 4 members (excludes halogenated alkanes) is 2. The Morgan fingerprint density at radius 2 is 1.68 bits per heavy atom. The highest BCUT2D eigenvalue weighted by Gasteiger charge is 2.47. The Morgan fingerprint density at radius 1 is 0.912 bits per heavy atom. The molecule has 5 heterocycles. The van der Waals surface area contributed by atoms with E-state index in [0.29, 0.717) is 71.3 Å². The molecular weight excluding hydrogens is 752 g/mol. The van der Waals surface area contributed by atoms with Gasteiger partial charge in [-0.2, -0.15) is 5.10 Å². The van der Waals surface area contributed by atoms with Crippen molar-refractivity contribution in [1.82, 2.24) is 34.9 Å². The molecule has 2 saturated heterocycles. The number of imide groups is 2. The zero-order chi connectivity index (χ0) is 39.6. The molecule has 0 bridgehead atoms. The number of hydrogen-bond donors (Lipinski definition) is 2. The van der Waals surface area contributed by atoms with E-state index >= 15 is 0 Å². The van der Waals surface area contributed by atoms with Crippen LogP contribution in [-0.4, -0.2) is 84.0 Å². The Morgan fingerprint density at radius 3 is 2.47 bits per heavy atom. The summed E-state index contributed by atoms with van der Waals surface area (Å²) in [7, 11) is 0. The zero-order valence-electron chi connectivity index (χ0n) is 30.9. The molecule has 0 spiro atoms. The van der Waals surface area contributed by atoms with Crippen LogP contribution in [0.3, 0.4) is 0 Å². The number of para-hydroxylation sites is 1. The van der Waals surface area contributed by atoms with E-state index in [1.807, 2.05) is 64.2 Å². The number of halogens is 1. The van der Waals surface area contributed by atoms with Gasteiger partial charge in [0.25, 0.3) is 11.8 Å². The van der Waals surface area contributed by atoms with E-state index in [2.05, 4.69) is 15.3 Å². The number of benzene rings is 3. The molecule has 2 aromatic heterocycles.